The van der Waals surface area contributed by atoms with Gasteiger partial charge in [0.05, 0.1) is 23.6 Å². The van der Waals surface area contributed by atoms with E-state index < -0.39 is 17.6 Å². The lowest BCUT2D eigenvalue weighted by Crippen LogP contribution is -2.35. The van der Waals surface area contributed by atoms with Crippen molar-refractivity contribution in [3.8, 4) is 22.8 Å². The third-order valence-electron chi connectivity index (χ3n) is 5.85. The molecule has 0 aromatic carbocycles. The summed E-state index contributed by atoms with van der Waals surface area (Å²) < 4.78 is 6.92. The number of nitrogens with zero attached hydrogens (tertiary/aromatic N) is 7. The number of pyridine rings is 1. The van der Waals surface area contributed by atoms with E-state index in [9.17, 15) is 14.7 Å². The van der Waals surface area contributed by atoms with Gasteiger partial charge in [0, 0.05) is 51.1 Å². The number of nitrogens with one attached hydrogen (secondary N) is 2. The van der Waals surface area contributed by atoms with Gasteiger partial charge in [0.25, 0.3) is 5.91 Å². The van der Waals surface area contributed by atoms with E-state index >= 15 is 0 Å². The Bertz CT molecular complexity index is 1450. The molecular weight excluding hydrogens is 482 g/mol. The lowest BCUT2D eigenvalue weighted by Gasteiger charge is -2.16. The minimum absolute atomic E-state index is 0.0794. The maximum atomic E-state index is 12.4. The molecule has 4 aromatic heterocycles. The summed E-state index contributed by atoms with van der Waals surface area (Å²) in [6.07, 6.45) is 2.42. The Morgan fingerprint density at radius 1 is 1.16 bits per heavy atom. The molecule has 2 amide bonds. The second-order valence-electron chi connectivity index (χ2n) is 8.41. The van der Waals surface area contributed by atoms with Crippen molar-refractivity contribution in [3.63, 3.8) is 0 Å². The van der Waals surface area contributed by atoms with Crippen LogP contribution in [0.4, 0.5) is 16.6 Å². The molecule has 4 N–H and O–H groups in total. The molecule has 1 aliphatic heterocycles. The topological polar surface area (TPSA) is 184 Å². The van der Waals surface area contributed by atoms with E-state index in [-0.39, 0.29) is 18.7 Å². The van der Waals surface area contributed by atoms with Crippen LogP contribution in [0.5, 0.6) is 0 Å². The summed E-state index contributed by atoms with van der Waals surface area (Å²) in [5.74, 6) is 0.443. The minimum atomic E-state index is -1.73. The molecule has 0 unspecified atom stereocenters. The quantitative estimate of drug-likeness (QED) is 0.272. The van der Waals surface area contributed by atoms with Crippen molar-refractivity contribution in [2.45, 2.75) is 18.6 Å². The van der Waals surface area contributed by atoms with Crippen molar-refractivity contribution in [3.05, 3.63) is 54.6 Å². The lowest BCUT2D eigenvalue weighted by molar-refractivity contribution is -0.144. The number of carboxylic acid groups (broad SMARTS) is 1. The molecule has 0 aliphatic carbocycles. The number of hydrogen-bond donors (Lipinski definition) is 4. The lowest BCUT2D eigenvalue weighted by atomic mass is 9.98. The predicted molar refractivity (Wildman–Crippen MR) is 128 cm³/mol. The molecule has 4 aromatic rings. The van der Waals surface area contributed by atoms with E-state index in [0.717, 1.165) is 0 Å². The second kappa shape index (κ2) is 9.66. The number of amides is 2. The van der Waals surface area contributed by atoms with Crippen LogP contribution >= 0.6 is 0 Å². The number of anilines is 2. The Kier molecular flexibility index (Phi) is 6.23. The van der Waals surface area contributed by atoms with Crippen molar-refractivity contribution < 1.29 is 24.3 Å². The molecule has 5 heterocycles. The van der Waals surface area contributed by atoms with Gasteiger partial charge in [-0.05, 0) is 18.2 Å². The average Bonchev–Trinajstić information content (AvgIpc) is 3.62. The van der Waals surface area contributed by atoms with Crippen LogP contribution in [0, 0.1) is 0 Å². The first kappa shape index (κ1) is 23.9. The molecule has 0 radical (unpaired) electrons. The Balaban J connectivity index is 1.32. The summed E-state index contributed by atoms with van der Waals surface area (Å²) in [5, 5.41) is 33.1. The van der Waals surface area contributed by atoms with Gasteiger partial charge in [-0.15, -0.1) is 0 Å². The van der Waals surface area contributed by atoms with E-state index in [2.05, 4.69) is 35.8 Å². The van der Waals surface area contributed by atoms with Gasteiger partial charge in [-0.1, -0.05) is 11.2 Å². The molecular formula is C23H23N9O5. The zero-order chi connectivity index (χ0) is 26.0. The van der Waals surface area contributed by atoms with Crippen LogP contribution in [-0.2, 0) is 16.9 Å². The highest BCUT2D eigenvalue weighted by Gasteiger charge is 2.48. The molecule has 1 aliphatic rings. The number of likely N-dealkylation sites (tertiary alicyclic amines) is 1. The smallest absolute Gasteiger partial charge is 0.404 e. The fraction of sp³-hybridized carbons (Fsp3) is 0.261. The third-order valence-corrected chi connectivity index (χ3v) is 5.85. The van der Waals surface area contributed by atoms with E-state index in [1.165, 1.54) is 11.0 Å². The maximum Gasteiger partial charge on any atom is 0.404 e. The molecule has 190 valence electrons. The van der Waals surface area contributed by atoms with Crippen molar-refractivity contribution >= 4 is 23.8 Å². The Hall–Kier alpha value is -4.85. The van der Waals surface area contributed by atoms with Gasteiger partial charge in [0.1, 0.15) is 5.69 Å². The predicted octanol–water partition coefficient (Wildman–Crippen LogP) is 1.45. The van der Waals surface area contributed by atoms with E-state index in [4.69, 9.17) is 9.63 Å². The number of aromatic nitrogens is 6. The SMILES string of the molecule is CN1CC[C@@](O)(c2cc(-c3cccc(-c4ccnc(Nc5ccn(CCNC(=O)O)n5)n4)n3)no2)C1=O. The average molecular weight is 505 g/mol. The number of carbonyl (C=O) groups is 2. The molecule has 1 fully saturated rings. The Morgan fingerprint density at radius 2 is 1.95 bits per heavy atom. The van der Waals surface area contributed by atoms with Crippen LogP contribution in [0.1, 0.15) is 12.2 Å². The van der Waals surface area contributed by atoms with Gasteiger partial charge in [-0.25, -0.2) is 19.7 Å². The third kappa shape index (κ3) is 4.95. The molecule has 5 rings (SSSR count). The fourth-order valence-electron chi connectivity index (χ4n) is 3.90. The molecule has 0 spiro atoms. The first-order valence-corrected chi connectivity index (χ1v) is 11.3. The van der Waals surface area contributed by atoms with Crippen LogP contribution in [0.2, 0.25) is 0 Å². The molecule has 37 heavy (non-hydrogen) atoms. The highest BCUT2D eigenvalue weighted by atomic mass is 16.5. The van der Waals surface area contributed by atoms with Crippen LogP contribution in [-0.4, -0.2) is 77.1 Å². The number of hydrogen-bond acceptors (Lipinski definition) is 10. The molecule has 1 atom stereocenters. The monoisotopic (exact) mass is 505 g/mol. The van der Waals surface area contributed by atoms with Crippen LogP contribution in [0.15, 0.2) is 53.3 Å². The number of carbonyl (C=O) groups excluding carboxylic acids is 1. The standard InChI is InChI=1S/C23H23N9O5/c1-31-11-7-23(36,20(31)33)18-13-17(30-37-18)15-4-2-3-14(26-15)16-5-8-24-21(27-16)28-19-6-10-32(29-19)12-9-25-22(34)35/h2-6,8,10,13,25,36H,7,9,11-12H2,1H3,(H,34,35)(H,24,27,28,29)/t23-/m1/s1. The van der Waals surface area contributed by atoms with Crippen LogP contribution < -0.4 is 10.6 Å². The Morgan fingerprint density at radius 3 is 2.70 bits per heavy atom. The maximum absolute atomic E-state index is 12.4. The van der Waals surface area contributed by atoms with Crippen LogP contribution in [0.25, 0.3) is 22.8 Å². The number of aliphatic hydroxyl groups is 1. The summed E-state index contributed by atoms with van der Waals surface area (Å²) in [4.78, 5) is 37.7. The normalized spacial score (nSPS) is 17.2. The van der Waals surface area contributed by atoms with Crippen molar-refractivity contribution in [2.24, 2.45) is 0 Å². The second-order valence-corrected chi connectivity index (χ2v) is 8.41. The van der Waals surface area contributed by atoms with E-state index in [0.29, 0.717) is 47.6 Å². The van der Waals surface area contributed by atoms with Crippen molar-refractivity contribution in [1.29, 1.82) is 0 Å². The number of likely N-dealkylation sites (N-methyl/N-ethyl adjacent to an activating group) is 1. The summed E-state index contributed by atoms with van der Waals surface area (Å²) in [7, 11) is 1.62. The highest BCUT2D eigenvalue weighted by Crippen LogP contribution is 2.34. The van der Waals surface area contributed by atoms with E-state index in [1.54, 1.807) is 54.5 Å². The van der Waals surface area contributed by atoms with Gasteiger partial charge < -0.3 is 30.3 Å². The summed E-state index contributed by atoms with van der Waals surface area (Å²) in [6.45, 7) is 1.02. The first-order valence-electron chi connectivity index (χ1n) is 11.3. The van der Waals surface area contributed by atoms with E-state index in [1.807, 2.05) is 0 Å². The zero-order valence-corrected chi connectivity index (χ0v) is 19.7. The van der Waals surface area contributed by atoms with Gasteiger partial charge in [0.2, 0.25) is 11.5 Å². The van der Waals surface area contributed by atoms with Gasteiger partial charge in [0.15, 0.2) is 11.6 Å². The van der Waals surface area contributed by atoms with Gasteiger partial charge in [-0.2, -0.15) is 5.10 Å². The van der Waals surface area contributed by atoms with Gasteiger partial charge in [-0.3, -0.25) is 9.48 Å². The molecule has 0 saturated carbocycles. The molecule has 1 saturated heterocycles. The van der Waals surface area contributed by atoms with Crippen LogP contribution in [0.3, 0.4) is 0 Å². The largest absolute Gasteiger partial charge is 0.465 e. The Labute approximate surface area is 210 Å². The fourth-order valence-corrected chi connectivity index (χ4v) is 3.90. The molecule has 14 nitrogen and oxygen atoms in total. The summed E-state index contributed by atoms with van der Waals surface area (Å²) in [5.41, 5.74) is 0.220. The first-order chi connectivity index (χ1) is 17.8. The highest BCUT2D eigenvalue weighted by molar-refractivity contribution is 5.87. The molecule has 14 heteroatoms. The zero-order valence-electron chi connectivity index (χ0n) is 19.7. The summed E-state index contributed by atoms with van der Waals surface area (Å²) >= 11 is 0. The minimum Gasteiger partial charge on any atom is -0.465 e. The molecule has 0 bridgehead atoms. The summed E-state index contributed by atoms with van der Waals surface area (Å²) in [6, 6.07) is 10.3. The van der Waals surface area contributed by atoms with Gasteiger partial charge >= 0.3 is 6.09 Å². The van der Waals surface area contributed by atoms with Crippen molar-refractivity contribution in [2.75, 3.05) is 25.5 Å². The van der Waals surface area contributed by atoms with Crippen molar-refractivity contribution in [1.82, 2.24) is 40.1 Å². The number of rotatable bonds is 8.